The fraction of sp³-hybridized carbons (Fsp3) is 0.205. The van der Waals surface area contributed by atoms with E-state index in [9.17, 15) is 9.90 Å². The average molecular weight is 681 g/mol. The van der Waals surface area contributed by atoms with Crippen molar-refractivity contribution in [2.24, 2.45) is 0 Å². The summed E-state index contributed by atoms with van der Waals surface area (Å²) in [5.41, 5.74) is 6.52. The maximum Gasteiger partial charge on any atom is 0.341 e. The Morgan fingerprint density at radius 2 is 1.39 bits per heavy atom. The first-order valence-corrected chi connectivity index (χ1v) is 17.3. The van der Waals surface area contributed by atoms with Crippen molar-refractivity contribution >= 4 is 5.97 Å². The third kappa shape index (κ3) is 9.97. The molecule has 1 unspecified atom stereocenters. The van der Waals surface area contributed by atoms with Crippen LogP contribution in [0.5, 0.6) is 11.5 Å². The van der Waals surface area contributed by atoms with E-state index in [1.807, 2.05) is 91.0 Å². The second-order valence-corrected chi connectivity index (χ2v) is 12.5. The lowest BCUT2D eigenvalue weighted by Crippen LogP contribution is -2.31. The normalized spacial score (nSPS) is 11.7. The van der Waals surface area contributed by atoms with Gasteiger partial charge in [-0.1, -0.05) is 115 Å². The lowest BCUT2D eigenvalue weighted by Gasteiger charge is -2.26. The number of esters is 1. The molecule has 7 nitrogen and oxygen atoms in total. The number of aromatic nitrogens is 1. The van der Waals surface area contributed by atoms with Gasteiger partial charge in [0.1, 0.15) is 23.7 Å². The van der Waals surface area contributed by atoms with Gasteiger partial charge in [-0.2, -0.15) is 0 Å². The molecule has 0 bridgehead atoms. The number of aliphatic hydroxyl groups is 1. The van der Waals surface area contributed by atoms with E-state index in [1.54, 1.807) is 12.1 Å². The Kier molecular flexibility index (Phi) is 12.3. The van der Waals surface area contributed by atoms with Crippen LogP contribution in [0.15, 0.2) is 152 Å². The lowest BCUT2D eigenvalue weighted by atomic mass is 10.0. The predicted octanol–water partition coefficient (Wildman–Crippen LogP) is 8.38. The first-order valence-electron chi connectivity index (χ1n) is 17.3. The number of nitrogens with zero attached hydrogens (tertiary/aromatic N) is 2. The van der Waals surface area contributed by atoms with Gasteiger partial charge in [0.15, 0.2) is 0 Å². The summed E-state index contributed by atoms with van der Waals surface area (Å²) in [7, 11) is 1.35. The number of hydrogen-bond acceptors (Lipinski definition) is 6. The van der Waals surface area contributed by atoms with Crippen LogP contribution in [-0.4, -0.2) is 47.3 Å². The van der Waals surface area contributed by atoms with Crippen molar-refractivity contribution in [2.75, 3.05) is 26.8 Å². The average Bonchev–Trinajstić information content (AvgIpc) is 3.60. The molecule has 6 rings (SSSR count). The topological polar surface area (TPSA) is 73.2 Å². The molecule has 0 aliphatic carbocycles. The van der Waals surface area contributed by atoms with Gasteiger partial charge in [-0.15, -0.1) is 0 Å². The smallest absolute Gasteiger partial charge is 0.341 e. The molecule has 1 aromatic heterocycles. The highest BCUT2D eigenvalue weighted by molar-refractivity contribution is 5.92. The van der Waals surface area contributed by atoms with Crippen LogP contribution in [0.1, 0.15) is 38.7 Å². The third-order valence-corrected chi connectivity index (χ3v) is 8.79. The van der Waals surface area contributed by atoms with Crippen molar-refractivity contribution in [3.8, 4) is 22.8 Å². The third-order valence-electron chi connectivity index (χ3n) is 8.79. The van der Waals surface area contributed by atoms with Crippen LogP contribution in [0.2, 0.25) is 0 Å². The second kappa shape index (κ2) is 17.9. The molecule has 51 heavy (non-hydrogen) atoms. The SMILES string of the molecule is COC(=O)c1cc(C(O)CN(CCn2cc(CCOc3ccccc3)cc2-c2ccccc2)Cc2ccccc2)ccc1OCc1ccccc1. The summed E-state index contributed by atoms with van der Waals surface area (Å²) < 4.78 is 19.4. The minimum absolute atomic E-state index is 0.281. The van der Waals surface area contributed by atoms with Crippen LogP contribution in [0, 0.1) is 0 Å². The predicted molar refractivity (Wildman–Crippen MR) is 201 cm³/mol. The molecule has 0 spiro atoms. The number of carbonyl (C=O) groups excluding carboxylic acids is 1. The zero-order valence-electron chi connectivity index (χ0n) is 28.9. The summed E-state index contributed by atoms with van der Waals surface area (Å²) in [6.07, 6.45) is 2.14. The van der Waals surface area contributed by atoms with E-state index in [0.29, 0.717) is 50.7 Å². The molecule has 0 radical (unpaired) electrons. The van der Waals surface area contributed by atoms with Crippen LogP contribution in [0.3, 0.4) is 0 Å². The van der Waals surface area contributed by atoms with E-state index in [1.165, 1.54) is 12.7 Å². The number of methoxy groups -OCH3 is 1. The molecule has 7 heteroatoms. The van der Waals surface area contributed by atoms with Crippen LogP contribution in [0.4, 0.5) is 0 Å². The highest BCUT2D eigenvalue weighted by Crippen LogP contribution is 2.27. The van der Waals surface area contributed by atoms with E-state index in [4.69, 9.17) is 14.2 Å². The zero-order valence-corrected chi connectivity index (χ0v) is 28.9. The summed E-state index contributed by atoms with van der Waals surface area (Å²) in [5, 5.41) is 11.6. The molecule has 0 saturated carbocycles. The van der Waals surface area contributed by atoms with E-state index in [-0.39, 0.29) is 5.56 Å². The Morgan fingerprint density at radius 3 is 2.08 bits per heavy atom. The first-order chi connectivity index (χ1) is 25.1. The van der Waals surface area contributed by atoms with Crippen LogP contribution >= 0.6 is 0 Å². The molecule has 0 saturated heterocycles. The molecule has 0 aliphatic rings. The monoisotopic (exact) mass is 680 g/mol. The quantitative estimate of drug-likeness (QED) is 0.0977. The van der Waals surface area contributed by atoms with Gasteiger partial charge in [0.2, 0.25) is 0 Å². The first kappa shape index (κ1) is 35.2. The fourth-order valence-electron chi connectivity index (χ4n) is 6.11. The van der Waals surface area contributed by atoms with Gasteiger partial charge in [0.25, 0.3) is 0 Å². The van der Waals surface area contributed by atoms with E-state index < -0.39 is 12.1 Å². The molecular formula is C44H44N2O5. The molecule has 0 fully saturated rings. The maximum atomic E-state index is 12.8. The summed E-state index contributed by atoms with van der Waals surface area (Å²) in [6, 6.07) is 47.8. The molecular weight excluding hydrogens is 636 g/mol. The number of aliphatic hydroxyl groups excluding tert-OH is 1. The Labute approximate surface area is 300 Å². The van der Waals surface area contributed by atoms with E-state index in [0.717, 1.165) is 34.6 Å². The molecule has 1 heterocycles. The highest BCUT2D eigenvalue weighted by Gasteiger charge is 2.20. The van der Waals surface area contributed by atoms with Crippen molar-refractivity contribution in [2.45, 2.75) is 32.2 Å². The Hall–Kier alpha value is -5.63. The second-order valence-electron chi connectivity index (χ2n) is 12.5. The maximum absolute atomic E-state index is 12.8. The minimum atomic E-state index is -0.857. The Balaban J connectivity index is 1.19. The standard InChI is InChI=1S/C44H44N2O5/c1-49-44(48)40-29-38(22-23-43(40)51-33-35-16-8-3-9-17-35)42(47)32-45(30-34-14-6-2-7-15-34)25-26-46-31-36(24-27-50-39-20-12-5-13-21-39)28-41(46)37-18-10-4-11-19-37/h2-23,28-29,31,42,47H,24-27,30,32-33H2,1H3. The number of carbonyl (C=O) groups is 1. The van der Waals surface area contributed by atoms with Crippen molar-refractivity contribution in [1.29, 1.82) is 0 Å². The van der Waals surface area contributed by atoms with Crippen LogP contribution in [0.25, 0.3) is 11.3 Å². The van der Waals surface area contributed by atoms with E-state index >= 15 is 0 Å². The van der Waals surface area contributed by atoms with Gasteiger partial charge < -0.3 is 23.9 Å². The Bertz CT molecular complexity index is 1950. The fourth-order valence-corrected chi connectivity index (χ4v) is 6.11. The molecule has 260 valence electrons. The summed E-state index contributed by atoms with van der Waals surface area (Å²) in [6.45, 7) is 3.30. The molecule has 1 atom stereocenters. The van der Waals surface area contributed by atoms with Crippen LogP contribution in [-0.2, 0) is 30.9 Å². The van der Waals surface area contributed by atoms with Gasteiger partial charge in [-0.3, -0.25) is 4.90 Å². The summed E-state index contributed by atoms with van der Waals surface area (Å²) >= 11 is 0. The van der Waals surface area contributed by atoms with Gasteiger partial charge in [-0.05, 0) is 58.1 Å². The zero-order chi connectivity index (χ0) is 35.3. The molecule has 5 aromatic carbocycles. The summed E-state index contributed by atoms with van der Waals surface area (Å²) in [4.78, 5) is 15.1. The number of hydrogen-bond donors (Lipinski definition) is 1. The van der Waals surface area contributed by atoms with E-state index in [2.05, 4.69) is 58.1 Å². The van der Waals surface area contributed by atoms with Gasteiger partial charge in [-0.25, -0.2) is 4.79 Å². The van der Waals surface area contributed by atoms with Crippen molar-refractivity contribution in [3.63, 3.8) is 0 Å². The molecule has 0 amide bonds. The Morgan fingerprint density at radius 1 is 0.745 bits per heavy atom. The number of benzene rings is 5. The van der Waals surface area contributed by atoms with Crippen molar-refractivity contribution in [1.82, 2.24) is 9.47 Å². The van der Waals surface area contributed by atoms with Crippen LogP contribution < -0.4 is 9.47 Å². The van der Waals surface area contributed by atoms with Gasteiger partial charge in [0, 0.05) is 44.5 Å². The molecule has 1 N–H and O–H groups in total. The van der Waals surface area contributed by atoms with Gasteiger partial charge in [0.05, 0.1) is 19.8 Å². The molecule has 0 aliphatic heterocycles. The summed E-state index contributed by atoms with van der Waals surface area (Å²) in [5.74, 6) is 0.761. The number of para-hydroxylation sites is 1. The van der Waals surface area contributed by atoms with Crippen molar-refractivity contribution in [3.05, 3.63) is 180 Å². The van der Waals surface area contributed by atoms with Gasteiger partial charge >= 0.3 is 5.97 Å². The largest absolute Gasteiger partial charge is 0.493 e. The highest BCUT2D eigenvalue weighted by atomic mass is 16.5. The lowest BCUT2D eigenvalue weighted by molar-refractivity contribution is 0.0594. The van der Waals surface area contributed by atoms with Crippen molar-refractivity contribution < 1.29 is 24.1 Å². The number of ether oxygens (including phenoxy) is 3. The number of rotatable bonds is 17. The molecule has 6 aromatic rings. The minimum Gasteiger partial charge on any atom is -0.493 e.